The van der Waals surface area contributed by atoms with Gasteiger partial charge in [-0.15, -0.1) is 11.8 Å². The molecule has 2 aromatic carbocycles. The molecule has 2 nitrogen and oxygen atoms in total. The van der Waals surface area contributed by atoms with Crippen LogP contribution in [0.2, 0.25) is 0 Å². The number of hydrogen-bond donors (Lipinski definition) is 1. The summed E-state index contributed by atoms with van der Waals surface area (Å²) in [7, 11) is 0. The Morgan fingerprint density at radius 2 is 1.95 bits per heavy atom. The maximum atomic E-state index is 11.1. The number of hydrogen-bond acceptors (Lipinski definition) is 2. The second-order valence-electron chi connectivity index (χ2n) is 4.62. The Hall–Kier alpha value is -1.74. The smallest absolute Gasteiger partial charge is 0.248 e. The molecule has 0 aromatic heterocycles. The summed E-state index contributed by atoms with van der Waals surface area (Å²) in [6.45, 7) is 4.22. The van der Waals surface area contributed by atoms with E-state index in [1.165, 1.54) is 16.0 Å². The van der Waals surface area contributed by atoms with Gasteiger partial charge in [-0.1, -0.05) is 29.8 Å². The number of nitrogens with two attached hydrogens (primary N) is 1. The van der Waals surface area contributed by atoms with Crippen LogP contribution >= 0.6 is 11.8 Å². The van der Waals surface area contributed by atoms with Crippen molar-refractivity contribution in [2.75, 3.05) is 0 Å². The minimum absolute atomic E-state index is 0.377. The fourth-order valence-corrected chi connectivity index (χ4v) is 2.89. The molecule has 0 fully saturated rings. The Morgan fingerprint density at radius 3 is 2.63 bits per heavy atom. The van der Waals surface area contributed by atoms with Gasteiger partial charge in [0.25, 0.3) is 0 Å². The Bertz CT molecular complexity index is 607. The van der Waals surface area contributed by atoms with Crippen molar-refractivity contribution in [2.45, 2.75) is 24.5 Å². The summed E-state index contributed by atoms with van der Waals surface area (Å²) in [4.78, 5) is 12.4. The minimum Gasteiger partial charge on any atom is -0.366 e. The Labute approximate surface area is 118 Å². The molecule has 0 heterocycles. The van der Waals surface area contributed by atoms with Crippen molar-refractivity contribution in [2.24, 2.45) is 5.73 Å². The van der Waals surface area contributed by atoms with Crippen LogP contribution in [-0.4, -0.2) is 5.91 Å². The SMILES string of the molecule is Cc1ccc(SCc2cccc(C(N)=O)c2)c(C)c1. The van der Waals surface area contributed by atoms with Crippen LogP contribution in [0, 0.1) is 13.8 Å². The van der Waals surface area contributed by atoms with Crippen LogP contribution in [-0.2, 0) is 5.75 Å². The Morgan fingerprint density at radius 1 is 1.16 bits per heavy atom. The van der Waals surface area contributed by atoms with Crippen molar-refractivity contribution >= 4 is 17.7 Å². The summed E-state index contributed by atoms with van der Waals surface area (Å²) in [5, 5.41) is 0. The van der Waals surface area contributed by atoms with Gasteiger partial charge in [-0.25, -0.2) is 0 Å². The van der Waals surface area contributed by atoms with E-state index >= 15 is 0 Å². The van der Waals surface area contributed by atoms with Crippen LogP contribution in [0.4, 0.5) is 0 Å². The predicted molar refractivity (Wildman–Crippen MR) is 80.4 cm³/mol. The van der Waals surface area contributed by atoms with Crippen LogP contribution in [0.15, 0.2) is 47.4 Å². The van der Waals surface area contributed by atoms with Gasteiger partial charge in [0.05, 0.1) is 0 Å². The summed E-state index contributed by atoms with van der Waals surface area (Å²) >= 11 is 1.78. The first kappa shape index (κ1) is 13.7. The largest absolute Gasteiger partial charge is 0.366 e. The zero-order chi connectivity index (χ0) is 13.8. The zero-order valence-corrected chi connectivity index (χ0v) is 12.0. The number of carbonyl (C=O) groups excluding carboxylic acids is 1. The molecule has 0 bridgehead atoms. The lowest BCUT2D eigenvalue weighted by Gasteiger charge is -2.07. The maximum absolute atomic E-state index is 11.1. The third-order valence-electron chi connectivity index (χ3n) is 2.94. The molecule has 0 atom stereocenters. The highest BCUT2D eigenvalue weighted by molar-refractivity contribution is 7.98. The fourth-order valence-electron chi connectivity index (χ4n) is 1.94. The highest BCUT2D eigenvalue weighted by Crippen LogP contribution is 2.26. The highest BCUT2D eigenvalue weighted by Gasteiger charge is 2.03. The van der Waals surface area contributed by atoms with Crippen molar-refractivity contribution in [3.63, 3.8) is 0 Å². The van der Waals surface area contributed by atoms with Crippen LogP contribution < -0.4 is 5.73 Å². The number of amides is 1. The van der Waals surface area contributed by atoms with E-state index in [1.807, 2.05) is 18.2 Å². The molecule has 0 aliphatic carbocycles. The van der Waals surface area contributed by atoms with E-state index in [1.54, 1.807) is 17.8 Å². The van der Waals surface area contributed by atoms with Crippen molar-refractivity contribution in [1.29, 1.82) is 0 Å². The molecule has 0 radical (unpaired) electrons. The monoisotopic (exact) mass is 271 g/mol. The maximum Gasteiger partial charge on any atom is 0.248 e. The molecule has 2 N–H and O–H groups in total. The normalized spacial score (nSPS) is 10.4. The van der Waals surface area contributed by atoms with E-state index in [9.17, 15) is 4.79 Å². The second-order valence-corrected chi connectivity index (χ2v) is 5.64. The Balaban J connectivity index is 2.10. The molecule has 3 heteroatoms. The van der Waals surface area contributed by atoms with Crippen LogP contribution in [0.5, 0.6) is 0 Å². The molecule has 0 aliphatic heterocycles. The lowest BCUT2D eigenvalue weighted by atomic mass is 10.1. The molecular weight excluding hydrogens is 254 g/mol. The molecule has 1 amide bonds. The van der Waals surface area contributed by atoms with E-state index in [0.717, 1.165) is 11.3 Å². The highest BCUT2D eigenvalue weighted by atomic mass is 32.2. The van der Waals surface area contributed by atoms with Gasteiger partial charge < -0.3 is 5.73 Å². The first-order valence-electron chi connectivity index (χ1n) is 6.15. The van der Waals surface area contributed by atoms with E-state index in [0.29, 0.717) is 5.56 Å². The summed E-state index contributed by atoms with van der Waals surface area (Å²) in [6.07, 6.45) is 0. The molecular formula is C16H17NOS. The van der Waals surface area contributed by atoms with Crippen molar-refractivity contribution in [1.82, 2.24) is 0 Å². The average Bonchev–Trinajstić information content (AvgIpc) is 2.38. The van der Waals surface area contributed by atoms with Gasteiger partial charge in [-0.2, -0.15) is 0 Å². The van der Waals surface area contributed by atoms with E-state index in [-0.39, 0.29) is 5.91 Å². The second kappa shape index (κ2) is 5.93. The quantitative estimate of drug-likeness (QED) is 0.862. The minimum atomic E-state index is -0.377. The van der Waals surface area contributed by atoms with E-state index in [4.69, 9.17) is 5.73 Å². The Kier molecular flexibility index (Phi) is 4.27. The van der Waals surface area contributed by atoms with Gasteiger partial charge in [0, 0.05) is 16.2 Å². The summed E-state index contributed by atoms with van der Waals surface area (Å²) < 4.78 is 0. The van der Waals surface area contributed by atoms with Crippen molar-refractivity contribution < 1.29 is 4.79 Å². The van der Waals surface area contributed by atoms with Crippen LogP contribution in [0.3, 0.4) is 0 Å². The first-order valence-corrected chi connectivity index (χ1v) is 7.13. The van der Waals surface area contributed by atoms with Gasteiger partial charge in [-0.3, -0.25) is 4.79 Å². The van der Waals surface area contributed by atoms with E-state index < -0.39 is 0 Å². The number of rotatable bonds is 4. The fraction of sp³-hybridized carbons (Fsp3) is 0.188. The number of benzene rings is 2. The van der Waals surface area contributed by atoms with Gasteiger partial charge in [-0.05, 0) is 43.2 Å². The molecule has 2 aromatic rings. The standard InChI is InChI=1S/C16H17NOS/c1-11-6-7-15(12(2)8-11)19-10-13-4-3-5-14(9-13)16(17)18/h3-9H,10H2,1-2H3,(H2,17,18). The van der Waals surface area contributed by atoms with Gasteiger partial charge in [0.2, 0.25) is 5.91 Å². The number of aryl methyl sites for hydroxylation is 2. The summed E-state index contributed by atoms with van der Waals surface area (Å²) in [5.74, 6) is 0.462. The third-order valence-corrected chi connectivity index (χ3v) is 4.18. The number of primary amides is 1. The summed E-state index contributed by atoms with van der Waals surface area (Å²) in [5.41, 5.74) is 9.53. The van der Waals surface area contributed by atoms with Crippen molar-refractivity contribution in [3.8, 4) is 0 Å². The van der Waals surface area contributed by atoms with Gasteiger partial charge in [0.1, 0.15) is 0 Å². The molecule has 0 saturated heterocycles. The predicted octanol–water partition coefficient (Wildman–Crippen LogP) is 3.69. The molecule has 2 rings (SSSR count). The number of thioether (sulfide) groups is 1. The number of carbonyl (C=O) groups is 1. The lowest BCUT2D eigenvalue weighted by Crippen LogP contribution is -2.10. The third kappa shape index (κ3) is 3.61. The molecule has 0 aliphatic rings. The molecule has 0 unspecified atom stereocenters. The summed E-state index contributed by atoms with van der Waals surface area (Å²) in [6, 6.07) is 13.9. The molecule has 19 heavy (non-hydrogen) atoms. The average molecular weight is 271 g/mol. The topological polar surface area (TPSA) is 43.1 Å². The molecule has 0 saturated carbocycles. The lowest BCUT2D eigenvalue weighted by molar-refractivity contribution is 0.1000. The first-order chi connectivity index (χ1) is 9.06. The van der Waals surface area contributed by atoms with Crippen molar-refractivity contribution in [3.05, 3.63) is 64.7 Å². The molecule has 98 valence electrons. The van der Waals surface area contributed by atoms with E-state index in [2.05, 4.69) is 32.0 Å². The molecule has 0 spiro atoms. The van der Waals surface area contributed by atoms with Gasteiger partial charge >= 0.3 is 0 Å². The van der Waals surface area contributed by atoms with Crippen LogP contribution in [0.1, 0.15) is 27.0 Å². The zero-order valence-electron chi connectivity index (χ0n) is 11.1. The van der Waals surface area contributed by atoms with Gasteiger partial charge in [0.15, 0.2) is 0 Å². The van der Waals surface area contributed by atoms with Crippen LogP contribution in [0.25, 0.3) is 0 Å².